The Balaban J connectivity index is 2.26. The smallest absolute Gasteiger partial charge is 0.311 e. The quantitative estimate of drug-likeness (QED) is 0.600. The molecule has 1 N–H and O–H groups in total. The van der Waals surface area contributed by atoms with E-state index in [-0.39, 0.29) is 23.0 Å². The van der Waals surface area contributed by atoms with E-state index in [4.69, 9.17) is 9.47 Å². The van der Waals surface area contributed by atoms with Crippen molar-refractivity contribution >= 4 is 11.6 Å². The zero-order valence-electron chi connectivity index (χ0n) is 15.2. The molecule has 0 spiro atoms. The number of amides is 1. The van der Waals surface area contributed by atoms with Crippen LogP contribution in [0.15, 0.2) is 36.4 Å². The van der Waals surface area contributed by atoms with Crippen molar-refractivity contribution in [3.63, 3.8) is 0 Å². The summed E-state index contributed by atoms with van der Waals surface area (Å²) >= 11 is 0. The Kier molecular flexibility index (Phi) is 6.16. The van der Waals surface area contributed by atoms with Gasteiger partial charge in [0, 0.05) is 17.2 Å². The number of hydrogen-bond donors (Lipinski definition) is 1. The fourth-order valence-corrected chi connectivity index (χ4v) is 2.63. The van der Waals surface area contributed by atoms with Crippen LogP contribution in [0.4, 0.5) is 5.69 Å². The van der Waals surface area contributed by atoms with E-state index in [9.17, 15) is 14.9 Å². The summed E-state index contributed by atoms with van der Waals surface area (Å²) in [6.45, 7) is 5.82. The molecule has 0 unspecified atom stereocenters. The number of hydrogen-bond acceptors (Lipinski definition) is 5. The van der Waals surface area contributed by atoms with Crippen molar-refractivity contribution in [1.82, 2.24) is 5.32 Å². The number of carbonyl (C=O) groups excluding carboxylic acids is 1. The van der Waals surface area contributed by atoms with Crippen LogP contribution in [0.2, 0.25) is 0 Å². The summed E-state index contributed by atoms with van der Waals surface area (Å²) in [5.41, 5.74) is 1.83. The maximum atomic E-state index is 12.5. The molecule has 26 heavy (non-hydrogen) atoms. The maximum absolute atomic E-state index is 12.5. The number of nitrogens with zero attached hydrogens (tertiary/aromatic N) is 1. The number of ether oxygens (including phenoxy) is 2. The van der Waals surface area contributed by atoms with E-state index in [2.05, 4.69) is 5.32 Å². The molecule has 2 rings (SSSR count). The van der Waals surface area contributed by atoms with Crippen LogP contribution in [0.25, 0.3) is 0 Å². The fraction of sp³-hybridized carbons (Fsp3) is 0.316. The molecule has 1 atom stereocenters. The lowest BCUT2D eigenvalue weighted by Gasteiger charge is -2.18. The van der Waals surface area contributed by atoms with E-state index in [1.54, 1.807) is 14.0 Å². The highest BCUT2D eigenvalue weighted by Crippen LogP contribution is 2.29. The molecular weight excluding hydrogens is 336 g/mol. The van der Waals surface area contributed by atoms with Crippen LogP contribution < -0.4 is 14.8 Å². The van der Waals surface area contributed by atoms with Crippen LogP contribution in [-0.2, 0) is 0 Å². The molecular formula is C19H22N2O5. The molecule has 0 fully saturated rings. The fourth-order valence-electron chi connectivity index (χ4n) is 2.63. The van der Waals surface area contributed by atoms with E-state index in [1.807, 2.05) is 32.0 Å². The summed E-state index contributed by atoms with van der Waals surface area (Å²) in [5.74, 6) is 0.399. The normalized spacial score (nSPS) is 11.5. The highest BCUT2D eigenvalue weighted by Gasteiger charge is 2.20. The van der Waals surface area contributed by atoms with Crippen LogP contribution in [-0.4, -0.2) is 24.5 Å². The van der Waals surface area contributed by atoms with Crippen LogP contribution >= 0.6 is 0 Å². The van der Waals surface area contributed by atoms with Gasteiger partial charge in [0.25, 0.3) is 5.91 Å². The average Bonchev–Trinajstić information content (AvgIpc) is 2.61. The van der Waals surface area contributed by atoms with Crippen molar-refractivity contribution in [2.45, 2.75) is 26.8 Å². The largest absolute Gasteiger partial charge is 0.496 e. The predicted octanol–water partition coefficient (Wildman–Crippen LogP) is 3.80. The molecule has 0 aliphatic rings. The van der Waals surface area contributed by atoms with Gasteiger partial charge in [-0.2, -0.15) is 0 Å². The Labute approximate surface area is 152 Å². The van der Waals surface area contributed by atoms with Gasteiger partial charge < -0.3 is 14.8 Å². The number of rotatable bonds is 7. The zero-order chi connectivity index (χ0) is 19.3. The lowest BCUT2D eigenvalue weighted by Crippen LogP contribution is -2.27. The number of nitro benzene ring substituents is 1. The van der Waals surface area contributed by atoms with Gasteiger partial charge in [-0.1, -0.05) is 17.7 Å². The Morgan fingerprint density at radius 1 is 1.23 bits per heavy atom. The molecule has 7 nitrogen and oxygen atoms in total. The van der Waals surface area contributed by atoms with E-state index in [1.165, 1.54) is 18.2 Å². The first-order valence-electron chi connectivity index (χ1n) is 8.24. The standard InChI is InChI=1S/C19H22N2O5/c1-5-26-18-9-7-14(11-16(18)21(23)24)19(22)20-13(3)15-10-12(2)6-8-17(15)25-4/h6-11,13H,5H2,1-4H3,(H,20,22)/t13-/m0/s1. The molecule has 0 heterocycles. The molecule has 2 aromatic carbocycles. The molecule has 0 bridgehead atoms. The van der Waals surface area contributed by atoms with E-state index < -0.39 is 10.8 Å². The molecule has 0 saturated carbocycles. The summed E-state index contributed by atoms with van der Waals surface area (Å²) in [6, 6.07) is 9.54. The third kappa shape index (κ3) is 4.30. The number of nitro groups is 1. The SMILES string of the molecule is CCOc1ccc(C(=O)N[C@@H](C)c2cc(C)ccc2OC)cc1[N+](=O)[O-]. The summed E-state index contributed by atoms with van der Waals surface area (Å²) < 4.78 is 10.6. The number of aryl methyl sites for hydroxylation is 1. The minimum Gasteiger partial charge on any atom is -0.496 e. The third-order valence-corrected chi connectivity index (χ3v) is 3.92. The van der Waals surface area contributed by atoms with Crippen molar-refractivity contribution in [3.05, 3.63) is 63.2 Å². The number of nitrogens with one attached hydrogen (secondary N) is 1. The van der Waals surface area contributed by atoms with Gasteiger partial charge in [-0.15, -0.1) is 0 Å². The minimum absolute atomic E-state index is 0.141. The highest BCUT2D eigenvalue weighted by molar-refractivity contribution is 5.95. The monoisotopic (exact) mass is 358 g/mol. The maximum Gasteiger partial charge on any atom is 0.311 e. The van der Waals surface area contributed by atoms with Crippen LogP contribution in [0.3, 0.4) is 0 Å². The number of carbonyl (C=O) groups is 1. The van der Waals surface area contributed by atoms with E-state index in [0.29, 0.717) is 12.4 Å². The van der Waals surface area contributed by atoms with Crippen LogP contribution in [0, 0.1) is 17.0 Å². The summed E-state index contributed by atoms with van der Waals surface area (Å²) in [5, 5.41) is 14.1. The number of benzene rings is 2. The van der Waals surface area contributed by atoms with Gasteiger partial charge >= 0.3 is 5.69 Å². The van der Waals surface area contributed by atoms with Gasteiger partial charge in [-0.05, 0) is 39.0 Å². The lowest BCUT2D eigenvalue weighted by molar-refractivity contribution is -0.385. The summed E-state index contributed by atoms with van der Waals surface area (Å²) in [6.07, 6.45) is 0. The number of methoxy groups -OCH3 is 1. The molecule has 0 radical (unpaired) electrons. The van der Waals surface area contributed by atoms with Gasteiger partial charge in [-0.25, -0.2) is 0 Å². The van der Waals surface area contributed by atoms with Gasteiger partial charge in [-0.3, -0.25) is 14.9 Å². The average molecular weight is 358 g/mol. The third-order valence-electron chi connectivity index (χ3n) is 3.92. The molecule has 1 amide bonds. The topological polar surface area (TPSA) is 90.7 Å². The van der Waals surface area contributed by atoms with Gasteiger partial charge in [0.1, 0.15) is 5.75 Å². The molecule has 0 saturated heterocycles. The van der Waals surface area contributed by atoms with Gasteiger partial charge in [0.2, 0.25) is 0 Å². The molecule has 2 aromatic rings. The molecule has 0 aliphatic carbocycles. The van der Waals surface area contributed by atoms with E-state index >= 15 is 0 Å². The Hall–Kier alpha value is -3.09. The van der Waals surface area contributed by atoms with Crippen molar-refractivity contribution in [2.75, 3.05) is 13.7 Å². The predicted molar refractivity (Wildman–Crippen MR) is 97.9 cm³/mol. The first-order chi connectivity index (χ1) is 12.4. The molecule has 0 aliphatic heterocycles. The van der Waals surface area contributed by atoms with Crippen LogP contribution in [0.5, 0.6) is 11.5 Å². The second-order valence-electron chi connectivity index (χ2n) is 5.81. The Bertz CT molecular complexity index is 820. The first-order valence-corrected chi connectivity index (χ1v) is 8.24. The Morgan fingerprint density at radius 2 is 1.92 bits per heavy atom. The molecule has 0 aromatic heterocycles. The second kappa shape index (κ2) is 8.33. The summed E-state index contributed by atoms with van der Waals surface area (Å²) in [7, 11) is 1.57. The highest BCUT2D eigenvalue weighted by atomic mass is 16.6. The van der Waals surface area contributed by atoms with Crippen LogP contribution in [0.1, 0.15) is 41.4 Å². The summed E-state index contributed by atoms with van der Waals surface area (Å²) in [4.78, 5) is 23.2. The Morgan fingerprint density at radius 3 is 2.54 bits per heavy atom. The first kappa shape index (κ1) is 19.2. The zero-order valence-corrected chi connectivity index (χ0v) is 15.2. The minimum atomic E-state index is -0.561. The molecule has 7 heteroatoms. The second-order valence-corrected chi connectivity index (χ2v) is 5.81. The van der Waals surface area contributed by atoms with Crippen molar-refractivity contribution < 1.29 is 19.2 Å². The lowest BCUT2D eigenvalue weighted by atomic mass is 10.0. The molecule has 138 valence electrons. The van der Waals surface area contributed by atoms with Crippen molar-refractivity contribution in [2.24, 2.45) is 0 Å². The van der Waals surface area contributed by atoms with Crippen molar-refractivity contribution in [1.29, 1.82) is 0 Å². The van der Waals surface area contributed by atoms with Crippen molar-refractivity contribution in [3.8, 4) is 11.5 Å². The van der Waals surface area contributed by atoms with Gasteiger partial charge in [0.05, 0.1) is 24.7 Å². The van der Waals surface area contributed by atoms with Gasteiger partial charge in [0.15, 0.2) is 5.75 Å². The van der Waals surface area contributed by atoms with E-state index in [0.717, 1.165) is 11.1 Å².